The van der Waals surface area contributed by atoms with Gasteiger partial charge in [0.2, 0.25) is 0 Å². The molecule has 1 heterocycles. The molecular weight excluding hydrogens is 328 g/mol. The molecule has 0 fully saturated rings. The second-order valence-corrected chi connectivity index (χ2v) is 7.45. The standard InChI is InChI=1S/C16H16N4O3S/c1-23-12-6-10(5-11(21)7-12)20-16-14-8-13(24(2,17)22)3-4-15(14)18-9-19-16/h3-9,17,21H,1-2H3,(H,18,19,20). The molecular formula is C16H16N4O3S. The van der Waals surface area contributed by atoms with Crippen molar-refractivity contribution in [3.8, 4) is 11.5 Å². The Labute approximate surface area is 139 Å². The first-order valence-corrected chi connectivity index (χ1v) is 8.97. The molecule has 0 saturated heterocycles. The number of benzene rings is 2. The highest BCUT2D eigenvalue weighted by Crippen LogP contribution is 2.30. The number of nitrogens with one attached hydrogen (secondary N) is 2. The number of hydrogen-bond donors (Lipinski definition) is 3. The molecule has 1 aromatic heterocycles. The Hall–Kier alpha value is -2.87. The van der Waals surface area contributed by atoms with Gasteiger partial charge in [0.25, 0.3) is 0 Å². The highest BCUT2D eigenvalue weighted by atomic mass is 32.2. The Morgan fingerprint density at radius 3 is 2.71 bits per heavy atom. The number of ether oxygens (including phenoxy) is 1. The normalized spacial score (nSPS) is 13.4. The first kappa shape index (κ1) is 16.0. The SMILES string of the molecule is COc1cc(O)cc(Nc2ncnc3ccc(S(C)(=N)=O)cc23)c1. The van der Waals surface area contributed by atoms with Crippen LogP contribution in [-0.4, -0.2) is 32.6 Å². The predicted octanol–water partition coefficient (Wildman–Crippen LogP) is 3.12. The topological polar surface area (TPSA) is 108 Å². The van der Waals surface area contributed by atoms with E-state index in [1.165, 1.54) is 31.8 Å². The predicted molar refractivity (Wildman–Crippen MR) is 92.5 cm³/mol. The van der Waals surface area contributed by atoms with E-state index in [4.69, 9.17) is 9.52 Å². The molecule has 3 N–H and O–H groups in total. The number of aromatic hydroxyl groups is 1. The molecule has 0 aliphatic heterocycles. The summed E-state index contributed by atoms with van der Waals surface area (Å²) in [4.78, 5) is 8.79. The fourth-order valence-electron chi connectivity index (χ4n) is 2.29. The van der Waals surface area contributed by atoms with Crippen LogP contribution in [-0.2, 0) is 9.73 Å². The lowest BCUT2D eigenvalue weighted by Gasteiger charge is -2.11. The molecule has 1 unspecified atom stereocenters. The highest BCUT2D eigenvalue weighted by molar-refractivity contribution is 7.91. The number of phenols is 1. The van der Waals surface area contributed by atoms with Gasteiger partial charge in [0.05, 0.1) is 22.4 Å². The summed E-state index contributed by atoms with van der Waals surface area (Å²) in [6.45, 7) is 0. The van der Waals surface area contributed by atoms with E-state index in [2.05, 4.69) is 15.3 Å². The number of aromatic nitrogens is 2. The van der Waals surface area contributed by atoms with E-state index < -0.39 is 9.73 Å². The molecule has 0 aliphatic carbocycles. The van der Waals surface area contributed by atoms with Crippen LogP contribution < -0.4 is 10.1 Å². The zero-order valence-corrected chi connectivity index (χ0v) is 13.9. The maximum absolute atomic E-state index is 12.0. The molecule has 0 radical (unpaired) electrons. The van der Waals surface area contributed by atoms with Crippen molar-refractivity contribution in [2.24, 2.45) is 0 Å². The maximum Gasteiger partial charge on any atom is 0.141 e. The zero-order chi connectivity index (χ0) is 17.3. The second-order valence-electron chi connectivity index (χ2n) is 5.29. The van der Waals surface area contributed by atoms with Crippen molar-refractivity contribution in [3.05, 3.63) is 42.7 Å². The van der Waals surface area contributed by atoms with Gasteiger partial charge in [-0.15, -0.1) is 0 Å². The monoisotopic (exact) mass is 344 g/mol. The lowest BCUT2D eigenvalue weighted by molar-refractivity contribution is 0.408. The molecule has 7 nitrogen and oxygen atoms in total. The Morgan fingerprint density at radius 2 is 2.00 bits per heavy atom. The second kappa shape index (κ2) is 5.97. The van der Waals surface area contributed by atoms with Crippen molar-refractivity contribution in [3.63, 3.8) is 0 Å². The summed E-state index contributed by atoms with van der Waals surface area (Å²) in [6.07, 6.45) is 2.78. The average molecular weight is 344 g/mol. The van der Waals surface area contributed by atoms with Gasteiger partial charge >= 0.3 is 0 Å². The Bertz CT molecular complexity index is 1020. The van der Waals surface area contributed by atoms with Crippen LogP contribution in [0.1, 0.15) is 0 Å². The van der Waals surface area contributed by atoms with Gasteiger partial charge in [-0.3, -0.25) is 0 Å². The van der Waals surface area contributed by atoms with E-state index in [1.807, 2.05) is 0 Å². The van der Waals surface area contributed by atoms with Crippen LogP contribution in [0.25, 0.3) is 10.9 Å². The summed E-state index contributed by atoms with van der Waals surface area (Å²) in [5.41, 5.74) is 1.24. The number of hydrogen-bond acceptors (Lipinski definition) is 7. The molecule has 2 aromatic carbocycles. The van der Waals surface area contributed by atoms with Crippen molar-refractivity contribution < 1.29 is 14.1 Å². The third kappa shape index (κ3) is 3.23. The average Bonchev–Trinajstić information content (AvgIpc) is 2.53. The molecule has 0 saturated carbocycles. The first-order chi connectivity index (χ1) is 11.4. The van der Waals surface area contributed by atoms with Gasteiger partial charge in [0.15, 0.2) is 0 Å². The number of nitrogens with zero attached hydrogens (tertiary/aromatic N) is 2. The number of methoxy groups -OCH3 is 1. The fraction of sp³-hybridized carbons (Fsp3) is 0.125. The maximum atomic E-state index is 12.0. The minimum absolute atomic E-state index is 0.0543. The van der Waals surface area contributed by atoms with E-state index in [1.54, 1.807) is 24.3 Å². The van der Waals surface area contributed by atoms with E-state index in [-0.39, 0.29) is 5.75 Å². The van der Waals surface area contributed by atoms with Crippen molar-refractivity contribution in [1.82, 2.24) is 9.97 Å². The van der Waals surface area contributed by atoms with E-state index >= 15 is 0 Å². The van der Waals surface area contributed by atoms with Crippen LogP contribution in [0.4, 0.5) is 11.5 Å². The smallest absolute Gasteiger partial charge is 0.141 e. The van der Waals surface area contributed by atoms with Gasteiger partial charge in [-0.1, -0.05) is 0 Å². The van der Waals surface area contributed by atoms with Crippen LogP contribution in [0.15, 0.2) is 47.6 Å². The summed E-state index contributed by atoms with van der Waals surface area (Å²) in [5, 5.41) is 13.5. The Kier molecular flexibility index (Phi) is 3.98. The van der Waals surface area contributed by atoms with Crippen molar-refractivity contribution in [1.29, 1.82) is 4.78 Å². The van der Waals surface area contributed by atoms with E-state index in [0.717, 1.165) is 0 Å². The Balaban J connectivity index is 2.11. The molecule has 124 valence electrons. The molecule has 1 atom stereocenters. The van der Waals surface area contributed by atoms with Crippen LogP contribution in [0.3, 0.4) is 0 Å². The molecule has 0 amide bonds. The van der Waals surface area contributed by atoms with Gasteiger partial charge in [0.1, 0.15) is 23.6 Å². The van der Waals surface area contributed by atoms with Crippen molar-refractivity contribution in [2.45, 2.75) is 4.90 Å². The minimum Gasteiger partial charge on any atom is -0.508 e. The van der Waals surface area contributed by atoms with Crippen molar-refractivity contribution in [2.75, 3.05) is 18.7 Å². The quantitative estimate of drug-likeness (QED) is 0.671. The van der Waals surface area contributed by atoms with E-state index in [9.17, 15) is 9.32 Å². The third-order valence-corrected chi connectivity index (χ3v) is 4.60. The lowest BCUT2D eigenvalue weighted by atomic mass is 10.2. The molecule has 24 heavy (non-hydrogen) atoms. The lowest BCUT2D eigenvalue weighted by Crippen LogP contribution is -1.99. The summed E-state index contributed by atoms with van der Waals surface area (Å²) >= 11 is 0. The molecule has 0 spiro atoms. The number of anilines is 2. The summed E-state index contributed by atoms with van der Waals surface area (Å²) in [5.74, 6) is 1.04. The summed E-state index contributed by atoms with van der Waals surface area (Å²) < 4.78 is 24.9. The van der Waals surface area contributed by atoms with Crippen LogP contribution >= 0.6 is 0 Å². The van der Waals surface area contributed by atoms with Gasteiger partial charge in [0, 0.05) is 40.4 Å². The number of fused-ring (bicyclic) bond motifs is 1. The van der Waals surface area contributed by atoms with Gasteiger partial charge in [-0.25, -0.2) is 19.0 Å². The minimum atomic E-state index is -2.84. The molecule has 0 bridgehead atoms. The Morgan fingerprint density at radius 1 is 1.21 bits per heavy atom. The van der Waals surface area contributed by atoms with Gasteiger partial charge in [-0.2, -0.15) is 0 Å². The largest absolute Gasteiger partial charge is 0.508 e. The van der Waals surface area contributed by atoms with Crippen LogP contribution in [0.5, 0.6) is 11.5 Å². The van der Waals surface area contributed by atoms with Gasteiger partial charge < -0.3 is 15.2 Å². The number of phenolic OH excluding ortho intramolecular Hbond substituents is 1. The summed E-state index contributed by atoms with van der Waals surface area (Å²) in [6, 6.07) is 9.73. The molecule has 8 heteroatoms. The van der Waals surface area contributed by atoms with Crippen molar-refractivity contribution >= 4 is 32.1 Å². The van der Waals surface area contributed by atoms with Crippen LogP contribution in [0, 0.1) is 4.78 Å². The molecule has 0 aliphatic rings. The summed E-state index contributed by atoms with van der Waals surface area (Å²) in [7, 11) is -1.33. The highest BCUT2D eigenvalue weighted by Gasteiger charge is 2.10. The number of rotatable bonds is 4. The fourth-order valence-corrected chi connectivity index (χ4v) is 2.96. The van der Waals surface area contributed by atoms with Gasteiger partial charge in [-0.05, 0) is 18.2 Å². The molecule has 3 aromatic rings. The molecule has 3 rings (SSSR count). The third-order valence-electron chi connectivity index (χ3n) is 3.45. The van der Waals surface area contributed by atoms with Crippen LogP contribution in [0.2, 0.25) is 0 Å². The zero-order valence-electron chi connectivity index (χ0n) is 13.1. The van der Waals surface area contributed by atoms with E-state index in [0.29, 0.717) is 33.1 Å². The first-order valence-electron chi connectivity index (χ1n) is 7.00.